The second-order valence-corrected chi connectivity index (χ2v) is 5.71. The normalized spacial score (nSPS) is 15.2. The number of amides is 1. The van der Waals surface area contributed by atoms with Crippen molar-refractivity contribution < 1.29 is 9.18 Å². The van der Waals surface area contributed by atoms with Crippen LogP contribution in [0.15, 0.2) is 42.5 Å². The van der Waals surface area contributed by atoms with E-state index in [1.54, 1.807) is 18.2 Å². The van der Waals surface area contributed by atoms with Gasteiger partial charge in [0.1, 0.15) is 5.82 Å². The molecule has 0 radical (unpaired) electrons. The first-order valence-electron chi connectivity index (χ1n) is 6.93. The molecule has 2 nitrogen and oxygen atoms in total. The molecule has 0 saturated carbocycles. The molecule has 1 N–H and O–H groups in total. The van der Waals surface area contributed by atoms with E-state index in [-0.39, 0.29) is 17.1 Å². The lowest BCUT2D eigenvalue weighted by molar-refractivity contribution is 0.0946. The highest BCUT2D eigenvalue weighted by molar-refractivity contribution is 6.21. The molecule has 0 aliphatic carbocycles. The molecule has 4 heteroatoms. The van der Waals surface area contributed by atoms with Gasteiger partial charge in [-0.15, -0.1) is 11.6 Å². The van der Waals surface area contributed by atoms with E-state index in [0.29, 0.717) is 24.1 Å². The van der Waals surface area contributed by atoms with Crippen LogP contribution < -0.4 is 5.32 Å². The number of hydrogen-bond acceptors (Lipinski definition) is 1. The minimum absolute atomic E-state index is 0.0622. The van der Waals surface area contributed by atoms with Crippen molar-refractivity contribution >= 4 is 17.5 Å². The Balaban J connectivity index is 1.85. The SMILES string of the molecule is O=C1NCCc2ccc(C(Cl)Cc3ccccc3F)cc21. The molecule has 0 bridgehead atoms. The highest BCUT2D eigenvalue weighted by Gasteiger charge is 2.19. The van der Waals surface area contributed by atoms with E-state index in [1.807, 2.05) is 18.2 Å². The van der Waals surface area contributed by atoms with Crippen LogP contribution in [0.25, 0.3) is 0 Å². The van der Waals surface area contributed by atoms with Gasteiger partial charge in [-0.3, -0.25) is 4.79 Å². The Morgan fingerprint density at radius 3 is 2.86 bits per heavy atom. The second-order valence-electron chi connectivity index (χ2n) is 5.19. The number of carbonyl (C=O) groups is 1. The topological polar surface area (TPSA) is 29.1 Å². The molecule has 1 atom stereocenters. The number of nitrogens with one attached hydrogen (secondary N) is 1. The number of fused-ring (bicyclic) bond motifs is 1. The predicted molar refractivity (Wildman–Crippen MR) is 81.2 cm³/mol. The number of halogens is 2. The fourth-order valence-corrected chi connectivity index (χ4v) is 2.90. The lowest BCUT2D eigenvalue weighted by Crippen LogP contribution is -2.31. The van der Waals surface area contributed by atoms with Crippen molar-refractivity contribution in [3.8, 4) is 0 Å². The van der Waals surface area contributed by atoms with E-state index in [2.05, 4.69) is 5.32 Å². The zero-order chi connectivity index (χ0) is 14.8. The summed E-state index contributed by atoms with van der Waals surface area (Å²) >= 11 is 6.40. The van der Waals surface area contributed by atoms with Crippen molar-refractivity contribution in [3.05, 3.63) is 70.5 Å². The summed E-state index contributed by atoms with van der Waals surface area (Å²) in [7, 11) is 0. The minimum Gasteiger partial charge on any atom is -0.352 e. The van der Waals surface area contributed by atoms with E-state index in [1.165, 1.54) is 6.07 Å². The molecule has 1 heterocycles. The van der Waals surface area contributed by atoms with E-state index in [0.717, 1.165) is 17.5 Å². The maximum absolute atomic E-state index is 13.7. The van der Waals surface area contributed by atoms with Gasteiger partial charge in [0.25, 0.3) is 5.91 Å². The molecule has 108 valence electrons. The summed E-state index contributed by atoms with van der Waals surface area (Å²) in [5, 5.41) is 2.46. The second kappa shape index (κ2) is 5.86. The zero-order valence-electron chi connectivity index (χ0n) is 11.4. The van der Waals surface area contributed by atoms with Crippen LogP contribution in [0.2, 0.25) is 0 Å². The third kappa shape index (κ3) is 2.93. The first-order chi connectivity index (χ1) is 10.1. The van der Waals surface area contributed by atoms with Crippen molar-refractivity contribution in [1.82, 2.24) is 5.32 Å². The van der Waals surface area contributed by atoms with Crippen LogP contribution in [0, 0.1) is 5.82 Å². The maximum Gasteiger partial charge on any atom is 0.251 e. The van der Waals surface area contributed by atoms with Gasteiger partial charge in [-0.1, -0.05) is 30.3 Å². The summed E-state index contributed by atoms with van der Waals surface area (Å²) < 4.78 is 13.7. The van der Waals surface area contributed by atoms with Crippen molar-refractivity contribution in [2.75, 3.05) is 6.54 Å². The standard InChI is InChI=1S/C17H15ClFNO/c18-15(10-13-3-1-2-4-16(13)19)12-6-5-11-7-8-20-17(21)14(11)9-12/h1-6,9,15H,7-8,10H2,(H,20,21). The molecule has 1 amide bonds. The summed E-state index contributed by atoms with van der Waals surface area (Å²) in [6, 6.07) is 12.3. The highest BCUT2D eigenvalue weighted by atomic mass is 35.5. The van der Waals surface area contributed by atoms with Gasteiger partial charge in [0.2, 0.25) is 0 Å². The molecule has 21 heavy (non-hydrogen) atoms. The molecule has 0 fully saturated rings. The first-order valence-corrected chi connectivity index (χ1v) is 7.37. The monoisotopic (exact) mass is 303 g/mol. The molecule has 0 saturated heterocycles. The molecule has 2 aromatic rings. The van der Waals surface area contributed by atoms with Crippen molar-refractivity contribution in [1.29, 1.82) is 0 Å². The van der Waals surface area contributed by atoms with Gasteiger partial charge in [0.15, 0.2) is 0 Å². The predicted octanol–water partition coefficient (Wildman–Crippen LogP) is 3.63. The fourth-order valence-electron chi connectivity index (χ4n) is 2.60. The van der Waals surface area contributed by atoms with Gasteiger partial charge in [0.05, 0.1) is 5.38 Å². The van der Waals surface area contributed by atoms with E-state index in [9.17, 15) is 9.18 Å². The Bertz CT molecular complexity index is 686. The van der Waals surface area contributed by atoms with Crippen molar-refractivity contribution in [2.45, 2.75) is 18.2 Å². The van der Waals surface area contributed by atoms with E-state index >= 15 is 0 Å². The molecular formula is C17H15ClFNO. The quantitative estimate of drug-likeness (QED) is 0.862. The number of alkyl halides is 1. The molecule has 1 aliphatic rings. The Hall–Kier alpha value is -1.87. The molecule has 3 rings (SSSR count). The van der Waals surface area contributed by atoms with Crippen LogP contribution in [0.3, 0.4) is 0 Å². The van der Waals surface area contributed by atoms with Gasteiger partial charge in [-0.05, 0) is 41.7 Å². The molecular weight excluding hydrogens is 289 g/mol. The summed E-state index contributed by atoms with van der Waals surface area (Å²) in [4.78, 5) is 11.9. The van der Waals surface area contributed by atoms with Crippen molar-refractivity contribution in [3.63, 3.8) is 0 Å². The van der Waals surface area contributed by atoms with Crippen LogP contribution in [0.5, 0.6) is 0 Å². The van der Waals surface area contributed by atoms with E-state index < -0.39 is 0 Å². The van der Waals surface area contributed by atoms with Crippen molar-refractivity contribution in [2.24, 2.45) is 0 Å². The van der Waals surface area contributed by atoms with Gasteiger partial charge in [0, 0.05) is 12.1 Å². The third-order valence-electron chi connectivity index (χ3n) is 3.78. The smallest absolute Gasteiger partial charge is 0.251 e. The third-order valence-corrected chi connectivity index (χ3v) is 4.18. The Morgan fingerprint density at radius 1 is 1.24 bits per heavy atom. The molecule has 1 unspecified atom stereocenters. The number of carbonyl (C=O) groups excluding carboxylic acids is 1. The van der Waals surface area contributed by atoms with Gasteiger partial charge in [-0.2, -0.15) is 0 Å². The molecule has 1 aliphatic heterocycles. The average Bonchev–Trinajstić information content (AvgIpc) is 2.50. The summed E-state index contributed by atoms with van der Waals surface area (Å²) in [6.45, 7) is 0.671. The fraction of sp³-hybridized carbons (Fsp3) is 0.235. The lowest BCUT2D eigenvalue weighted by atomic mass is 9.95. The van der Waals surface area contributed by atoms with Crippen LogP contribution in [0.1, 0.15) is 32.4 Å². The summed E-state index contributed by atoms with van der Waals surface area (Å²) in [6.07, 6.45) is 1.23. The largest absolute Gasteiger partial charge is 0.352 e. The number of benzene rings is 2. The van der Waals surface area contributed by atoms with Crippen LogP contribution >= 0.6 is 11.6 Å². The molecule has 2 aromatic carbocycles. The molecule has 0 spiro atoms. The van der Waals surface area contributed by atoms with E-state index in [4.69, 9.17) is 11.6 Å². The average molecular weight is 304 g/mol. The first kappa shape index (κ1) is 14.1. The van der Waals surface area contributed by atoms with Crippen LogP contribution in [-0.2, 0) is 12.8 Å². The van der Waals surface area contributed by atoms with Crippen LogP contribution in [0.4, 0.5) is 4.39 Å². The van der Waals surface area contributed by atoms with Crippen LogP contribution in [-0.4, -0.2) is 12.5 Å². The number of rotatable bonds is 3. The Morgan fingerprint density at radius 2 is 2.05 bits per heavy atom. The summed E-state index contributed by atoms with van der Waals surface area (Å²) in [5.41, 5.74) is 3.14. The zero-order valence-corrected chi connectivity index (χ0v) is 12.2. The minimum atomic E-state index is -0.359. The maximum atomic E-state index is 13.7. The molecule has 0 aromatic heterocycles. The highest BCUT2D eigenvalue weighted by Crippen LogP contribution is 2.28. The summed E-state index contributed by atoms with van der Waals surface area (Å²) in [5.74, 6) is -0.313. The number of hydrogen-bond donors (Lipinski definition) is 1. The Labute approximate surface area is 127 Å². The van der Waals surface area contributed by atoms with Gasteiger partial charge >= 0.3 is 0 Å². The lowest BCUT2D eigenvalue weighted by Gasteiger charge is -2.19. The van der Waals surface area contributed by atoms with Gasteiger partial charge < -0.3 is 5.32 Å². The Kier molecular flexibility index (Phi) is 3.93. The van der Waals surface area contributed by atoms with Gasteiger partial charge in [-0.25, -0.2) is 4.39 Å².